The first-order valence-corrected chi connectivity index (χ1v) is 8.72. The van der Waals surface area contributed by atoms with Crippen LogP contribution in [0.15, 0.2) is 53.4 Å². The molecule has 1 heterocycles. The fraction of sp³-hybridized carbons (Fsp3) is 0.0556. The molecule has 0 radical (unpaired) electrons. The molecule has 0 saturated carbocycles. The van der Waals surface area contributed by atoms with E-state index in [1.165, 1.54) is 0 Å². The number of benzene rings is 2. The van der Waals surface area contributed by atoms with E-state index in [0.29, 0.717) is 26.9 Å². The van der Waals surface area contributed by atoms with Crippen LogP contribution in [0.3, 0.4) is 0 Å². The maximum atomic E-state index is 11.9. The molecule has 1 aliphatic heterocycles. The summed E-state index contributed by atoms with van der Waals surface area (Å²) in [6.07, 6.45) is 1.59. The van der Waals surface area contributed by atoms with Crippen molar-refractivity contribution >= 4 is 52.2 Å². The van der Waals surface area contributed by atoms with Crippen LogP contribution in [0, 0.1) is 0 Å². The molecule has 0 aliphatic carbocycles. The SMILES string of the molecule is O=C(COc1cccc(/C=C2\SC(=O)NC2=O)c1)Nc1ccc(Cl)cc1. The number of carbonyl (C=O) groups excluding carboxylic acids is 3. The van der Waals surface area contributed by atoms with Gasteiger partial charge < -0.3 is 10.1 Å². The smallest absolute Gasteiger partial charge is 0.290 e. The van der Waals surface area contributed by atoms with E-state index in [4.69, 9.17) is 16.3 Å². The summed E-state index contributed by atoms with van der Waals surface area (Å²) in [4.78, 5) is 35.0. The molecule has 3 rings (SSSR count). The van der Waals surface area contributed by atoms with Gasteiger partial charge in [0.15, 0.2) is 6.61 Å². The molecule has 0 unspecified atom stereocenters. The third-order valence-electron chi connectivity index (χ3n) is 3.30. The van der Waals surface area contributed by atoms with E-state index in [1.807, 2.05) is 0 Å². The highest BCUT2D eigenvalue weighted by Gasteiger charge is 2.24. The van der Waals surface area contributed by atoms with Crippen LogP contribution < -0.4 is 15.4 Å². The van der Waals surface area contributed by atoms with Crippen LogP contribution in [-0.4, -0.2) is 23.7 Å². The summed E-state index contributed by atoms with van der Waals surface area (Å²) in [5.41, 5.74) is 1.31. The number of hydrogen-bond acceptors (Lipinski definition) is 5. The summed E-state index contributed by atoms with van der Waals surface area (Å²) < 4.78 is 5.48. The number of ether oxygens (including phenoxy) is 1. The average molecular weight is 389 g/mol. The Kier molecular flexibility index (Phi) is 5.60. The van der Waals surface area contributed by atoms with Crippen LogP contribution in [-0.2, 0) is 9.59 Å². The maximum Gasteiger partial charge on any atom is 0.290 e. The van der Waals surface area contributed by atoms with Gasteiger partial charge >= 0.3 is 0 Å². The lowest BCUT2D eigenvalue weighted by atomic mass is 10.2. The predicted octanol–water partition coefficient (Wildman–Crippen LogP) is 3.68. The Hall–Kier alpha value is -2.77. The molecular weight excluding hydrogens is 376 g/mol. The maximum absolute atomic E-state index is 11.9. The summed E-state index contributed by atoms with van der Waals surface area (Å²) in [5, 5.41) is 5.08. The second kappa shape index (κ2) is 8.07. The zero-order chi connectivity index (χ0) is 18.5. The Morgan fingerprint density at radius 1 is 1.19 bits per heavy atom. The van der Waals surface area contributed by atoms with Crippen LogP contribution in [0.5, 0.6) is 5.75 Å². The van der Waals surface area contributed by atoms with Crippen molar-refractivity contribution in [3.8, 4) is 5.75 Å². The van der Waals surface area contributed by atoms with Gasteiger partial charge in [-0.15, -0.1) is 0 Å². The molecule has 26 heavy (non-hydrogen) atoms. The topological polar surface area (TPSA) is 84.5 Å². The molecule has 0 aromatic heterocycles. The Morgan fingerprint density at radius 2 is 1.96 bits per heavy atom. The molecule has 2 N–H and O–H groups in total. The van der Waals surface area contributed by atoms with Gasteiger partial charge in [-0.2, -0.15) is 0 Å². The van der Waals surface area contributed by atoms with Gasteiger partial charge in [0.25, 0.3) is 17.1 Å². The molecule has 1 fully saturated rings. The molecule has 1 saturated heterocycles. The van der Waals surface area contributed by atoms with E-state index in [9.17, 15) is 14.4 Å². The summed E-state index contributed by atoms with van der Waals surface area (Å²) in [6, 6.07) is 13.6. The van der Waals surface area contributed by atoms with Crippen molar-refractivity contribution in [3.05, 3.63) is 64.0 Å². The van der Waals surface area contributed by atoms with Crippen LogP contribution in [0.4, 0.5) is 10.5 Å². The van der Waals surface area contributed by atoms with Crippen molar-refractivity contribution in [2.75, 3.05) is 11.9 Å². The van der Waals surface area contributed by atoms with E-state index in [0.717, 1.165) is 11.8 Å². The van der Waals surface area contributed by atoms with E-state index < -0.39 is 11.1 Å². The number of carbonyl (C=O) groups is 3. The number of rotatable bonds is 5. The number of anilines is 1. The lowest BCUT2D eigenvalue weighted by Crippen LogP contribution is -2.20. The monoisotopic (exact) mass is 388 g/mol. The van der Waals surface area contributed by atoms with Crippen LogP contribution >= 0.6 is 23.4 Å². The van der Waals surface area contributed by atoms with Crippen molar-refractivity contribution in [3.63, 3.8) is 0 Å². The van der Waals surface area contributed by atoms with Gasteiger partial charge in [0.05, 0.1) is 4.91 Å². The third-order valence-corrected chi connectivity index (χ3v) is 4.36. The summed E-state index contributed by atoms with van der Waals surface area (Å²) in [7, 11) is 0. The third kappa shape index (κ3) is 4.87. The van der Waals surface area contributed by atoms with Crippen LogP contribution in [0.2, 0.25) is 5.02 Å². The lowest BCUT2D eigenvalue weighted by molar-refractivity contribution is -0.118. The molecule has 3 amide bonds. The summed E-state index contributed by atoms with van der Waals surface area (Å²) in [5.74, 6) is -0.263. The van der Waals surface area contributed by atoms with Crippen LogP contribution in [0.25, 0.3) is 6.08 Å². The number of imide groups is 1. The molecule has 132 valence electrons. The Morgan fingerprint density at radius 3 is 2.65 bits per heavy atom. The van der Waals surface area contributed by atoms with E-state index in [1.54, 1.807) is 54.6 Å². The Balaban J connectivity index is 1.59. The van der Waals surface area contributed by atoms with Gasteiger partial charge in [0.1, 0.15) is 5.75 Å². The molecule has 1 aliphatic rings. The number of halogens is 1. The minimum atomic E-state index is -0.423. The summed E-state index contributed by atoms with van der Waals surface area (Å²) in [6.45, 7) is -0.170. The highest BCUT2D eigenvalue weighted by Crippen LogP contribution is 2.26. The van der Waals surface area contributed by atoms with Gasteiger partial charge in [-0.25, -0.2) is 0 Å². The highest BCUT2D eigenvalue weighted by molar-refractivity contribution is 8.18. The molecule has 8 heteroatoms. The van der Waals surface area contributed by atoms with Crippen molar-refractivity contribution in [1.29, 1.82) is 0 Å². The largest absolute Gasteiger partial charge is 0.484 e. The second-order valence-electron chi connectivity index (χ2n) is 5.27. The minimum absolute atomic E-state index is 0.170. The number of hydrogen-bond donors (Lipinski definition) is 2. The number of thioether (sulfide) groups is 1. The standard InChI is InChI=1S/C18H13ClN2O4S/c19-12-4-6-13(7-5-12)20-16(22)10-25-14-3-1-2-11(8-14)9-15-17(23)21-18(24)26-15/h1-9H,10H2,(H,20,22)(H,21,23,24)/b15-9-. The molecular formula is C18H13ClN2O4S. The fourth-order valence-corrected chi connectivity index (χ4v) is 2.95. The highest BCUT2D eigenvalue weighted by atomic mass is 35.5. The zero-order valence-electron chi connectivity index (χ0n) is 13.3. The first-order chi connectivity index (χ1) is 12.5. The first kappa shape index (κ1) is 18.0. The number of amides is 3. The number of nitrogens with one attached hydrogen (secondary N) is 2. The van der Waals surface area contributed by atoms with Gasteiger partial charge in [0, 0.05) is 10.7 Å². The molecule has 2 aromatic carbocycles. The van der Waals surface area contributed by atoms with E-state index in [2.05, 4.69) is 10.6 Å². The predicted molar refractivity (Wildman–Crippen MR) is 101 cm³/mol. The minimum Gasteiger partial charge on any atom is -0.484 e. The quantitative estimate of drug-likeness (QED) is 0.763. The zero-order valence-corrected chi connectivity index (χ0v) is 14.9. The Labute approximate surface area is 158 Å². The average Bonchev–Trinajstić information content (AvgIpc) is 2.93. The normalized spacial score (nSPS) is 15.0. The molecule has 0 spiro atoms. The van der Waals surface area contributed by atoms with Gasteiger partial charge in [-0.1, -0.05) is 23.7 Å². The van der Waals surface area contributed by atoms with Crippen molar-refractivity contribution in [2.24, 2.45) is 0 Å². The molecule has 0 bridgehead atoms. The lowest BCUT2D eigenvalue weighted by Gasteiger charge is -2.08. The van der Waals surface area contributed by atoms with Crippen molar-refractivity contribution in [2.45, 2.75) is 0 Å². The molecule has 2 aromatic rings. The first-order valence-electron chi connectivity index (χ1n) is 7.53. The summed E-state index contributed by atoms with van der Waals surface area (Å²) >= 11 is 6.64. The van der Waals surface area contributed by atoms with Crippen molar-refractivity contribution in [1.82, 2.24) is 5.32 Å². The second-order valence-corrected chi connectivity index (χ2v) is 6.72. The molecule has 0 atom stereocenters. The van der Waals surface area contributed by atoms with Gasteiger partial charge in [-0.3, -0.25) is 19.7 Å². The van der Waals surface area contributed by atoms with Crippen LogP contribution in [0.1, 0.15) is 5.56 Å². The van der Waals surface area contributed by atoms with Crippen molar-refractivity contribution < 1.29 is 19.1 Å². The van der Waals surface area contributed by atoms with Gasteiger partial charge in [0.2, 0.25) is 0 Å². The van der Waals surface area contributed by atoms with E-state index >= 15 is 0 Å². The Bertz CT molecular complexity index is 896. The van der Waals surface area contributed by atoms with Gasteiger partial charge in [-0.05, 0) is 59.8 Å². The fourth-order valence-electron chi connectivity index (χ4n) is 2.15. The van der Waals surface area contributed by atoms with E-state index in [-0.39, 0.29) is 12.5 Å². The molecule has 6 nitrogen and oxygen atoms in total.